The molecule has 1 aromatic heterocycles. The van der Waals surface area contributed by atoms with Gasteiger partial charge in [0.1, 0.15) is 0 Å². The van der Waals surface area contributed by atoms with Gasteiger partial charge in [-0.2, -0.15) is 0 Å². The predicted octanol–water partition coefficient (Wildman–Crippen LogP) is 0.796. The van der Waals surface area contributed by atoms with E-state index in [-0.39, 0.29) is 5.56 Å². The van der Waals surface area contributed by atoms with Crippen molar-refractivity contribution < 1.29 is 28.7 Å². The molecule has 1 aliphatic rings. The first kappa shape index (κ1) is 9.23. The van der Waals surface area contributed by atoms with Crippen LogP contribution in [0.4, 0.5) is 0 Å². The molecular formula is C10H10NOY. The number of hydrogen-bond acceptors (Lipinski definition) is 1. The van der Waals surface area contributed by atoms with Crippen LogP contribution in [0.3, 0.4) is 0 Å². The Morgan fingerprint density at radius 2 is 2.08 bits per heavy atom. The second-order valence-electron chi connectivity index (χ2n) is 3.35. The number of hydrogen-bond donors (Lipinski definition) is 1. The van der Waals surface area contributed by atoms with Gasteiger partial charge in [-0.1, -0.05) is 0 Å². The van der Waals surface area contributed by atoms with E-state index in [9.17, 15) is 4.79 Å². The summed E-state index contributed by atoms with van der Waals surface area (Å²) in [4.78, 5) is 13.9. The van der Waals surface area contributed by atoms with Crippen LogP contribution in [0.15, 0.2) is 24.9 Å². The maximum atomic E-state index is 11.1. The molecule has 0 spiro atoms. The first-order valence-electron chi connectivity index (χ1n) is 4.27. The fourth-order valence-corrected chi connectivity index (χ4v) is 4.57. The third-order valence-corrected chi connectivity index (χ3v) is 6.52. The minimum atomic E-state index is -0.766. The van der Waals surface area contributed by atoms with Crippen LogP contribution < -0.4 is 10.9 Å². The minimum absolute atomic E-state index is 0.00480. The van der Waals surface area contributed by atoms with Crippen molar-refractivity contribution in [2.75, 3.05) is 0 Å². The zero-order valence-corrected chi connectivity index (χ0v) is 10.6. The van der Waals surface area contributed by atoms with Gasteiger partial charge in [-0.25, -0.2) is 0 Å². The summed E-state index contributed by atoms with van der Waals surface area (Å²) in [5.74, 6) is 0. The van der Waals surface area contributed by atoms with E-state index < -0.39 is 28.7 Å². The normalized spacial score (nSPS) is 14.0. The maximum absolute atomic E-state index is 11.1. The Hall–Kier alpha value is -0.336. The standard InChI is InChI=1S/C10H10NO.Y/c1-3-8(2)7-9-5-4-6-10(12)11-9;/h4,6-7H,1-2H3,(H,11,12);. The van der Waals surface area contributed by atoms with Crippen LogP contribution in [0, 0.1) is 1.95 Å². The molecule has 0 amide bonds. The fourth-order valence-electron chi connectivity index (χ4n) is 1.42. The Balaban J connectivity index is 2.88. The molecular weight excluding hydrogens is 239 g/mol. The Bertz CT molecular complexity index is 551. The molecule has 0 bridgehead atoms. The number of aromatic nitrogens is 1. The molecule has 0 saturated carbocycles. The molecule has 1 aromatic rings. The number of aromatic amines is 1. The topological polar surface area (TPSA) is 32.9 Å². The van der Waals surface area contributed by atoms with Crippen molar-refractivity contribution in [2.45, 2.75) is 13.8 Å². The van der Waals surface area contributed by atoms with Crippen LogP contribution in [0.1, 0.15) is 13.8 Å². The Morgan fingerprint density at radius 3 is 2.85 bits per heavy atom. The number of allylic oxidation sites excluding steroid dienone is 2. The quantitative estimate of drug-likeness (QED) is 0.724. The number of nitrogens with one attached hydrogen (secondary N) is 1. The molecule has 3 heteroatoms. The number of H-pyrrole nitrogens is 1. The van der Waals surface area contributed by atoms with Crippen LogP contribution >= 0.6 is 0 Å². The van der Waals surface area contributed by atoms with Gasteiger partial charge >= 0.3 is 91.3 Å². The first-order chi connectivity index (χ1) is 6.16. The summed E-state index contributed by atoms with van der Waals surface area (Å²) in [6, 6.07) is 3.62. The van der Waals surface area contributed by atoms with Crippen LogP contribution in [-0.4, -0.2) is 4.98 Å². The van der Waals surface area contributed by atoms with Crippen molar-refractivity contribution in [1.82, 2.24) is 4.98 Å². The average Bonchev–Trinajstić information content (AvgIpc) is 2.08. The summed E-state index contributed by atoms with van der Waals surface area (Å²) in [7, 11) is 0. The molecule has 2 nitrogen and oxygen atoms in total. The van der Waals surface area contributed by atoms with E-state index in [0.29, 0.717) is 0 Å². The molecule has 0 aliphatic carbocycles. The summed E-state index contributed by atoms with van der Waals surface area (Å²) < 4.78 is 2.97. The van der Waals surface area contributed by atoms with Crippen molar-refractivity contribution in [3.05, 3.63) is 37.7 Å². The van der Waals surface area contributed by atoms with Gasteiger partial charge in [0.15, 0.2) is 0 Å². The second kappa shape index (κ2) is 3.43. The molecule has 2 rings (SSSR count). The zero-order valence-electron chi connectivity index (χ0n) is 7.72. The van der Waals surface area contributed by atoms with Crippen LogP contribution in [-0.2, 0) is 28.7 Å². The van der Waals surface area contributed by atoms with E-state index in [0.717, 1.165) is 5.35 Å². The molecule has 0 aromatic carbocycles. The summed E-state index contributed by atoms with van der Waals surface area (Å²) >= 11 is -0.766. The first-order valence-corrected chi connectivity index (χ1v) is 7.11. The van der Waals surface area contributed by atoms with Crippen LogP contribution in [0.5, 0.6) is 0 Å². The van der Waals surface area contributed by atoms with Crippen molar-refractivity contribution in [2.24, 2.45) is 0 Å². The molecule has 13 heavy (non-hydrogen) atoms. The van der Waals surface area contributed by atoms with Gasteiger partial charge in [0.25, 0.3) is 0 Å². The van der Waals surface area contributed by atoms with E-state index in [4.69, 9.17) is 0 Å². The van der Waals surface area contributed by atoms with Crippen molar-refractivity contribution in [1.29, 1.82) is 0 Å². The van der Waals surface area contributed by atoms with Gasteiger partial charge in [0.2, 0.25) is 0 Å². The van der Waals surface area contributed by atoms with Gasteiger partial charge in [-0.05, 0) is 0 Å². The molecule has 2 heterocycles. The Labute approximate surface area is 90.8 Å². The second-order valence-corrected chi connectivity index (χ2v) is 7.71. The summed E-state index contributed by atoms with van der Waals surface area (Å²) in [5, 5.41) is 1.05. The molecule has 0 unspecified atom stereocenters. The zero-order chi connectivity index (χ0) is 9.42. The molecule has 0 atom stereocenters. The molecule has 0 saturated heterocycles. The van der Waals surface area contributed by atoms with E-state index in [1.165, 1.54) is 7.52 Å². The monoisotopic (exact) mass is 249 g/mol. The number of pyridine rings is 1. The van der Waals surface area contributed by atoms with Gasteiger partial charge in [-0.3, -0.25) is 0 Å². The molecule has 0 radical (unpaired) electrons. The van der Waals surface area contributed by atoms with Crippen molar-refractivity contribution in [3.8, 4) is 0 Å². The third-order valence-electron chi connectivity index (χ3n) is 2.34. The molecule has 64 valence electrons. The van der Waals surface area contributed by atoms with Gasteiger partial charge in [0.05, 0.1) is 0 Å². The van der Waals surface area contributed by atoms with Gasteiger partial charge < -0.3 is 0 Å². The fraction of sp³-hybridized carbons (Fsp3) is 0.200. The SMILES string of the molecule is CC1=[C](C)[Y]=[c]2ccc(=O)[nH]c2=C1. The molecule has 1 N–H and O–H groups in total. The third kappa shape index (κ3) is 1.79. The van der Waals surface area contributed by atoms with Crippen molar-refractivity contribution in [3.63, 3.8) is 0 Å². The molecule has 0 fully saturated rings. The van der Waals surface area contributed by atoms with E-state index in [1.54, 1.807) is 8.45 Å². The summed E-state index contributed by atoms with van der Waals surface area (Å²) in [6.07, 6.45) is 2.08. The Morgan fingerprint density at radius 1 is 1.31 bits per heavy atom. The summed E-state index contributed by atoms with van der Waals surface area (Å²) in [6.45, 7) is 4.33. The number of rotatable bonds is 0. The van der Waals surface area contributed by atoms with Crippen LogP contribution in [0.25, 0.3) is 6.08 Å². The Kier molecular flexibility index (Phi) is 2.43. The van der Waals surface area contributed by atoms with Crippen LogP contribution in [0.2, 0.25) is 0 Å². The molecule has 1 aliphatic heterocycles. The summed E-state index contributed by atoms with van der Waals surface area (Å²) in [5.41, 5.74) is 1.35. The van der Waals surface area contributed by atoms with Gasteiger partial charge in [0, 0.05) is 0 Å². The van der Waals surface area contributed by atoms with E-state index in [2.05, 4.69) is 24.9 Å². The predicted molar refractivity (Wildman–Crippen MR) is 48.4 cm³/mol. The van der Waals surface area contributed by atoms with E-state index in [1.807, 2.05) is 6.07 Å². The van der Waals surface area contributed by atoms with Crippen molar-refractivity contribution >= 4 is 6.08 Å². The van der Waals surface area contributed by atoms with Gasteiger partial charge in [-0.15, -0.1) is 0 Å². The average molecular weight is 249 g/mol. The van der Waals surface area contributed by atoms with E-state index >= 15 is 0 Å². The number of fused-ring (bicyclic) bond motifs is 1.